The summed E-state index contributed by atoms with van der Waals surface area (Å²) in [5, 5.41) is 9.09. The predicted octanol–water partition coefficient (Wildman–Crippen LogP) is 2.42. The number of carbonyl (C=O) groups excluding carboxylic acids is 1. The molecule has 0 aliphatic carbocycles. The Morgan fingerprint density at radius 2 is 2.33 bits per heavy atom. The Balaban J connectivity index is 2.23. The summed E-state index contributed by atoms with van der Waals surface area (Å²) >= 11 is 0. The van der Waals surface area contributed by atoms with E-state index in [4.69, 9.17) is 5.11 Å². The van der Waals surface area contributed by atoms with Gasteiger partial charge in [0, 0.05) is 13.0 Å². The van der Waals surface area contributed by atoms with Crippen molar-refractivity contribution in [1.29, 1.82) is 0 Å². The zero-order chi connectivity index (χ0) is 13.1. The monoisotopic (exact) mass is 247 g/mol. The lowest BCUT2D eigenvalue weighted by Gasteiger charge is -2.33. The lowest BCUT2D eigenvalue weighted by Crippen LogP contribution is -2.37. The molecule has 0 saturated carbocycles. The number of nitrogens with zero attached hydrogens (tertiary/aromatic N) is 1. The minimum absolute atomic E-state index is 0.0913. The van der Waals surface area contributed by atoms with Crippen LogP contribution >= 0.6 is 0 Å². The highest BCUT2D eigenvalue weighted by Gasteiger charge is 2.27. The third-order valence-corrected chi connectivity index (χ3v) is 3.54. The molecule has 1 atom stereocenters. The van der Waals surface area contributed by atoms with Crippen molar-refractivity contribution in [1.82, 2.24) is 4.90 Å². The Kier molecular flexibility index (Phi) is 3.65. The van der Waals surface area contributed by atoms with E-state index >= 15 is 0 Å². The minimum Gasteiger partial charge on any atom is -0.465 e. The van der Waals surface area contributed by atoms with Crippen LogP contribution in [0.1, 0.15) is 36.1 Å². The van der Waals surface area contributed by atoms with Crippen molar-refractivity contribution < 1.29 is 14.7 Å². The van der Waals surface area contributed by atoms with Gasteiger partial charge in [0.05, 0.1) is 6.04 Å². The van der Waals surface area contributed by atoms with Crippen LogP contribution in [0.4, 0.5) is 4.79 Å². The minimum atomic E-state index is -0.863. The van der Waals surface area contributed by atoms with Crippen LogP contribution in [-0.2, 0) is 17.6 Å². The summed E-state index contributed by atoms with van der Waals surface area (Å²) in [7, 11) is 0. The maximum Gasteiger partial charge on any atom is 0.407 e. The van der Waals surface area contributed by atoms with E-state index < -0.39 is 6.09 Å². The molecule has 1 N–H and O–H groups in total. The molecular formula is C14H17NO3. The summed E-state index contributed by atoms with van der Waals surface area (Å²) < 4.78 is 0. The van der Waals surface area contributed by atoms with Crippen molar-refractivity contribution in [3.05, 3.63) is 34.9 Å². The van der Waals surface area contributed by atoms with E-state index in [1.807, 2.05) is 19.1 Å². The number of hydrogen-bond donors (Lipinski definition) is 1. The summed E-state index contributed by atoms with van der Waals surface area (Å²) in [6.07, 6.45) is 2.11. The molecule has 4 heteroatoms. The third-order valence-electron chi connectivity index (χ3n) is 3.54. The summed E-state index contributed by atoms with van der Waals surface area (Å²) in [6.45, 7) is 2.46. The number of amides is 1. The van der Waals surface area contributed by atoms with E-state index in [-0.39, 0.29) is 6.04 Å². The van der Waals surface area contributed by atoms with E-state index in [1.165, 1.54) is 10.5 Å². The molecular weight excluding hydrogens is 230 g/mol. The van der Waals surface area contributed by atoms with Gasteiger partial charge in [-0.1, -0.05) is 18.2 Å². The smallest absolute Gasteiger partial charge is 0.407 e. The largest absolute Gasteiger partial charge is 0.465 e. The van der Waals surface area contributed by atoms with Gasteiger partial charge >= 0.3 is 6.09 Å². The fourth-order valence-electron chi connectivity index (χ4n) is 2.53. The first-order valence-corrected chi connectivity index (χ1v) is 6.18. The lowest BCUT2D eigenvalue weighted by atomic mass is 9.91. The molecule has 1 aromatic rings. The highest BCUT2D eigenvalue weighted by atomic mass is 16.4. The SMILES string of the molecule is CC1c2ccc(CCC=O)cc2CCN1C(=O)O. The van der Waals surface area contributed by atoms with Crippen LogP contribution in [-0.4, -0.2) is 28.9 Å². The molecule has 1 heterocycles. The molecule has 96 valence electrons. The van der Waals surface area contributed by atoms with Gasteiger partial charge in [-0.15, -0.1) is 0 Å². The summed E-state index contributed by atoms with van der Waals surface area (Å²) in [5.74, 6) is 0. The molecule has 2 rings (SSSR count). The second-order valence-corrected chi connectivity index (χ2v) is 4.64. The predicted molar refractivity (Wildman–Crippen MR) is 67.7 cm³/mol. The number of benzene rings is 1. The third kappa shape index (κ3) is 2.37. The number of rotatable bonds is 3. The fraction of sp³-hybridized carbons (Fsp3) is 0.429. The number of fused-ring (bicyclic) bond motifs is 1. The molecule has 1 amide bonds. The molecule has 18 heavy (non-hydrogen) atoms. The Morgan fingerprint density at radius 3 is 3.00 bits per heavy atom. The molecule has 0 radical (unpaired) electrons. The molecule has 0 saturated heterocycles. The zero-order valence-corrected chi connectivity index (χ0v) is 10.4. The molecule has 1 aromatic carbocycles. The Labute approximate surface area is 106 Å². The zero-order valence-electron chi connectivity index (χ0n) is 10.4. The van der Waals surface area contributed by atoms with Crippen LogP contribution in [0, 0.1) is 0 Å². The van der Waals surface area contributed by atoms with E-state index in [2.05, 4.69) is 6.07 Å². The maximum atomic E-state index is 11.1. The van der Waals surface area contributed by atoms with Crippen molar-refractivity contribution in [2.24, 2.45) is 0 Å². The van der Waals surface area contributed by atoms with E-state index in [0.29, 0.717) is 13.0 Å². The normalized spacial score (nSPS) is 18.3. The number of carboxylic acid groups (broad SMARTS) is 1. The highest BCUT2D eigenvalue weighted by molar-refractivity contribution is 5.66. The number of aryl methyl sites for hydroxylation is 1. The molecule has 0 bridgehead atoms. The summed E-state index contributed by atoms with van der Waals surface area (Å²) in [5.41, 5.74) is 3.44. The van der Waals surface area contributed by atoms with Crippen molar-refractivity contribution in [2.45, 2.75) is 32.2 Å². The average molecular weight is 247 g/mol. The van der Waals surface area contributed by atoms with Gasteiger partial charge in [-0.25, -0.2) is 4.79 Å². The second kappa shape index (κ2) is 5.21. The van der Waals surface area contributed by atoms with Crippen molar-refractivity contribution in [2.75, 3.05) is 6.54 Å². The van der Waals surface area contributed by atoms with E-state index in [1.54, 1.807) is 0 Å². The van der Waals surface area contributed by atoms with Gasteiger partial charge in [-0.3, -0.25) is 0 Å². The van der Waals surface area contributed by atoms with Gasteiger partial charge < -0.3 is 14.8 Å². The van der Waals surface area contributed by atoms with Crippen LogP contribution in [0.2, 0.25) is 0 Å². The highest BCUT2D eigenvalue weighted by Crippen LogP contribution is 2.30. The summed E-state index contributed by atoms with van der Waals surface area (Å²) in [4.78, 5) is 22.9. The van der Waals surface area contributed by atoms with Crippen LogP contribution in [0.5, 0.6) is 0 Å². The Hall–Kier alpha value is -1.84. The lowest BCUT2D eigenvalue weighted by molar-refractivity contribution is -0.107. The number of carbonyl (C=O) groups is 2. The number of hydrogen-bond acceptors (Lipinski definition) is 2. The molecule has 0 spiro atoms. The molecule has 1 unspecified atom stereocenters. The van der Waals surface area contributed by atoms with Crippen LogP contribution in [0.15, 0.2) is 18.2 Å². The van der Waals surface area contributed by atoms with Crippen LogP contribution in [0.3, 0.4) is 0 Å². The summed E-state index contributed by atoms with van der Waals surface area (Å²) in [6, 6.07) is 6.00. The molecule has 4 nitrogen and oxygen atoms in total. The van der Waals surface area contributed by atoms with Gasteiger partial charge in [0.1, 0.15) is 6.29 Å². The molecule has 1 aliphatic rings. The standard InChI is InChI=1S/C14H17NO3/c1-10-13-5-4-11(3-2-8-16)9-12(13)6-7-15(10)14(17)18/h4-5,8-10H,2-3,6-7H2,1H3,(H,17,18). The van der Waals surface area contributed by atoms with Gasteiger partial charge in [-0.05, 0) is 36.5 Å². The van der Waals surface area contributed by atoms with Crippen molar-refractivity contribution in [3.63, 3.8) is 0 Å². The molecule has 0 aromatic heterocycles. The molecule has 1 aliphatic heterocycles. The van der Waals surface area contributed by atoms with E-state index in [9.17, 15) is 9.59 Å². The Morgan fingerprint density at radius 1 is 1.56 bits per heavy atom. The number of aldehydes is 1. The van der Waals surface area contributed by atoms with Crippen LogP contribution in [0.25, 0.3) is 0 Å². The topological polar surface area (TPSA) is 57.6 Å². The van der Waals surface area contributed by atoms with Gasteiger partial charge in [-0.2, -0.15) is 0 Å². The van der Waals surface area contributed by atoms with Gasteiger partial charge in [0.15, 0.2) is 0 Å². The van der Waals surface area contributed by atoms with E-state index in [0.717, 1.165) is 30.3 Å². The molecule has 0 fully saturated rings. The van der Waals surface area contributed by atoms with Crippen molar-refractivity contribution in [3.8, 4) is 0 Å². The Bertz CT molecular complexity index is 470. The van der Waals surface area contributed by atoms with Gasteiger partial charge in [0.2, 0.25) is 0 Å². The average Bonchev–Trinajstić information content (AvgIpc) is 2.36. The van der Waals surface area contributed by atoms with Crippen LogP contribution < -0.4 is 0 Å². The maximum absolute atomic E-state index is 11.1. The quantitative estimate of drug-likeness (QED) is 0.834. The van der Waals surface area contributed by atoms with Gasteiger partial charge in [0.25, 0.3) is 0 Å². The first kappa shape index (κ1) is 12.6. The van der Waals surface area contributed by atoms with Crippen molar-refractivity contribution >= 4 is 12.4 Å². The first-order valence-electron chi connectivity index (χ1n) is 6.18. The fourth-order valence-corrected chi connectivity index (χ4v) is 2.53. The second-order valence-electron chi connectivity index (χ2n) is 4.64. The first-order chi connectivity index (χ1) is 8.63.